The molecule has 1 aliphatic carbocycles. The van der Waals surface area contributed by atoms with Crippen LogP contribution >= 0.6 is 0 Å². The zero-order valence-electron chi connectivity index (χ0n) is 10.8. The van der Waals surface area contributed by atoms with E-state index in [1.807, 2.05) is 0 Å². The zero-order chi connectivity index (χ0) is 12.1. The van der Waals surface area contributed by atoms with Crippen LogP contribution in [0, 0.1) is 5.92 Å². The Hall–Kier alpha value is -0.610. The first-order chi connectivity index (χ1) is 8.29. The maximum absolute atomic E-state index is 12.0. The van der Waals surface area contributed by atoms with Crippen molar-refractivity contribution < 1.29 is 4.79 Å². The molecule has 0 radical (unpaired) electrons. The molecule has 3 N–H and O–H groups in total. The molecule has 2 rings (SSSR count). The molecule has 3 atom stereocenters. The van der Waals surface area contributed by atoms with E-state index in [9.17, 15) is 4.79 Å². The lowest BCUT2D eigenvalue weighted by Crippen LogP contribution is -2.57. The Balaban J connectivity index is 1.77. The van der Waals surface area contributed by atoms with E-state index in [4.69, 9.17) is 0 Å². The van der Waals surface area contributed by atoms with Crippen molar-refractivity contribution in [2.75, 3.05) is 19.6 Å². The number of hydrogen-bond donors (Lipinski definition) is 3. The standard InChI is InChI=1S/C13H25N3O/c1-2-10-4-3-5-11(8-10)16-13(17)12-9-14-6-7-15-12/h10-12,14-15H,2-9H2,1H3,(H,16,17). The summed E-state index contributed by atoms with van der Waals surface area (Å²) in [6.07, 6.45) is 6.17. The quantitative estimate of drug-likeness (QED) is 0.677. The summed E-state index contributed by atoms with van der Waals surface area (Å²) in [6.45, 7) is 4.86. The Bertz CT molecular complexity index is 251. The second kappa shape index (κ2) is 6.36. The third-order valence-electron chi connectivity index (χ3n) is 4.06. The molecule has 4 heteroatoms. The smallest absolute Gasteiger partial charge is 0.238 e. The molecule has 17 heavy (non-hydrogen) atoms. The zero-order valence-corrected chi connectivity index (χ0v) is 10.8. The molecule has 0 aromatic heterocycles. The van der Waals surface area contributed by atoms with Gasteiger partial charge in [-0.3, -0.25) is 4.79 Å². The fraction of sp³-hybridized carbons (Fsp3) is 0.923. The van der Waals surface area contributed by atoms with Gasteiger partial charge in [-0.15, -0.1) is 0 Å². The molecule has 3 unspecified atom stereocenters. The Morgan fingerprint density at radius 1 is 1.35 bits per heavy atom. The predicted molar refractivity (Wildman–Crippen MR) is 68.8 cm³/mol. The van der Waals surface area contributed by atoms with Gasteiger partial charge in [0.1, 0.15) is 0 Å². The van der Waals surface area contributed by atoms with Crippen molar-refractivity contribution in [1.29, 1.82) is 0 Å². The van der Waals surface area contributed by atoms with Crippen LogP contribution in [-0.2, 0) is 4.79 Å². The number of hydrogen-bond acceptors (Lipinski definition) is 3. The first-order valence-electron chi connectivity index (χ1n) is 7.04. The van der Waals surface area contributed by atoms with E-state index < -0.39 is 0 Å². The van der Waals surface area contributed by atoms with Crippen molar-refractivity contribution in [2.24, 2.45) is 5.92 Å². The molecule has 4 nitrogen and oxygen atoms in total. The number of rotatable bonds is 3. The molecule has 1 saturated carbocycles. The third kappa shape index (κ3) is 3.68. The summed E-state index contributed by atoms with van der Waals surface area (Å²) >= 11 is 0. The van der Waals surface area contributed by atoms with Crippen LogP contribution in [0.25, 0.3) is 0 Å². The highest BCUT2D eigenvalue weighted by Crippen LogP contribution is 2.26. The second-order valence-corrected chi connectivity index (χ2v) is 5.36. The average molecular weight is 239 g/mol. The Kier molecular flexibility index (Phi) is 4.80. The van der Waals surface area contributed by atoms with Gasteiger partial charge < -0.3 is 16.0 Å². The van der Waals surface area contributed by atoms with Crippen molar-refractivity contribution in [2.45, 2.75) is 51.1 Å². The monoisotopic (exact) mass is 239 g/mol. The summed E-state index contributed by atoms with van der Waals surface area (Å²) in [7, 11) is 0. The summed E-state index contributed by atoms with van der Waals surface area (Å²) < 4.78 is 0. The molecule has 98 valence electrons. The SMILES string of the molecule is CCC1CCCC(NC(=O)C2CNCCN2)C1. The topological polar surface area (TPSA) is 53.2 Å². The van der Waals surface area contributed by atoms with E-state index in [0.29, 0.717) is 6.04 Å². The van der Waals surface area contributed by atoms with E-state index in [-0.39, 0.29) is 11.9 Å². The number of piperazine rings is 1. The summed E-state index contributed by atoms with van der Waals surface area (Å²) in [5.74, 6) is 0.991. The minimum absolute atomic E-state index is 0.0363. The normalized spacial score (nSPS) is 34.3. The minimum Gasteiger partial charge on any atom is -0.352 e. The van der Waals surface area contributed by atoms with Crippen molar-refractivity contribution in [1.82, 2.24) is 16.0 Å². The van der Waals surface area contributed by atoms with Crippen molar-refractivity contribution in [3.05, 3.63) is 0 Å². The van der Waals surface area contributed by atoms with E-state index in [2.05, 4.69) is 22.9 Å². The van der Waals surface area contributed by atoms with Gasteiger partial charge in [-0.1, -0.05) is 26.2 Å². The van der Waals surface area contributed by atoms with Gasteiger partial charge in [0.15, 0.2) is 0 Å². The van der Waals surface area contributed by atoms with Gasteiger partial charge in [0.25, 0.3) is 0 Å². The maximum atomic E-state index is 12.0. The lowest BCUT2D eigenvalue weighted by molar-refractivity contribution is -0.124. The molecule has 1 saturated heterocycles. The van der Waals surface area contributed by atoms with Gasteiger partial charge in [0, 0.05) is 25.7 Å². The molecule has 0 spiro atoms. The number of nitrogens with one attached hydrogen (secondary N) is 3. The molecule has 0 aromatic rings. The molecular weight excluding hydrogens is 214 g/mol. The minimum atomic E-state index is -0.0363. The molecule has 1 aliphatic heterocycles. The van der Waals surface area contributed by atoms with Crippen LogP contribution in [-0.4, -0.2) is 37.6 Å². The number of carbonyl (C=O) groups is 1. The van der Waals surface area contributed by atoms with E-state index in [0.717, 1.165) is 32.0 Å². The summed E-state index contributed by atoms with van der Waals surface area (Å²) in [4.78, 5) is 12.0. The van der Waals surface area contributed by atoms with Gasteiger partial charge in [0.2, 0.25) is 5.91 Å². The second-order valence-electron chi connectivity index (χ2n) is 5.36. The van der Waals surface area contributed by atoms with Crippen LogP contribution in [0.3, 0.4) is 0 Å². The van der Waals surface area contributed by atoms with Crippen molar-refractivity contribution in [3.63, 3.8) is 0 Å². The van der Waals surface area contributed by atoms with Gasteiger partial charge in [0.05, 0.1) is 6.04 Å². The number of carbonyl (C=O) groups excluding carboxylic acids is 1. The van der Waals surface area contributed by atoms with E-state index >= 15 is 0 Å². The molecule has 1 heterocycles. The van der Waals surface area contributed by atoms with Gasteiger partial charge in [-0.2, -0.15) is 0 Å². The fourth-order valence-corrected chi connectivity index (χ4v) is 2.93. The first kappa shape index (κ1) is 12.8. The summed E-state index contributed by atoms with van der Waals surface area (Å²) in [6, 6.07) is 0.371. The third-order valence-corrected chi connectivity index (χ3v) is 4.06. The molecule has 0 bridgehead atoms. The number of amides is 1. The summed E-state index contributed by atoms with van der Waals surface area (Å²) in [5, 5.41) is 9.72. The lowest BCUT2D eigenvalue weighted by atomic mass is 9.84. The van der Waals surface area contributed by atoms with Gasteiger partial charge in [-0.05, 0) is 18.8 Å². The van der Waals surface area contributed by atoms with Crippen molar-refractivity contribution in [3.8, 4) is 0 Å². The van der Waals surface area contributed by atoms with Crippen LogP contribution in [0.1, 0.15) is 39.0 Å². The van der Waals surface area contributed by atoms with Crippen LogP contribution in [0.4, 0.5) is 0 Å². The Morgan fingerprint density at radius 2 is 2.24 bits per heavy atom. The Morgan fingerprint density at radius 3 is 2.94 bits per heavy atom. The van der Waals surface area contributed by atoms with Crippen LogP contribution in [0.5, 0.6) is 0 Å². The van der Waals surface area contributed by atoms with E-state index in [1.165, 1.54) is 25.7 Å². The first-order valence-corrected chi connectivity index (χ1v) is 7.04. The van der Waals surface area contributed by atoms with E-state index in [1.54, 1.807) is 0 Å². The highest BCUT2D eigenvalue weighted by atomic mass is 16.2. The van der Waals surface area contributed by atoms with Gasteiger partial charge >= 0.3 is 0 Å². The molecule has 1 amide bonds. The van der Waals surface area contributed by atoms with Crippen LogP contribution in [0.2, 0.25) is 0 Å². The van der Waals surface area contributed by atoms with Crippen molar-refractivity contribution >= 4 is 5.91 Å². The highest BCUT2D eigenvalue weighted by Gasteiger charge is 2.26. The summed E-state index contributed by atoms with van der Waals surface area (Å²) in [5.41, 5.74) is 0. The highest BCUT2D eigenvalue weighted by molar-refractivity contribution is 5.82. The lowest BCUT2D eigenvalue weighted by Gasteiger charge is -2.31. The van der Waals surface area contributed by atoms with Gasteiger partial charge in [-0.25, -0.2) is 0 Å². The van der Waals surface area contributed by atoms with Crippen LogP contribution in [0.15, 0.2) is 0 Å². The molecule has 2 aliphatic rings. The average Bonchev–Trinajstić information content (AvgIpc) is 2.40. The van der Waals surface area contributed by atoms with Crippen LogP contribution < -0.4 is 16.0 Å². The maximum Gasteiger partial charge on any atom is 0.238 e. The largest absolute Gasteiger partial charge is 0.352 e. The molecule has 2 fully saturated rings. The molecular formula is C13H25N3O. The fourth-order valence-electron chi connectivity index (χ4n) is 2.93. The predicted octanol–water partition coefficient (Wildman–Crippen LogP) is 0.633. The molecule has 0 aromatic carbocycles. The Labute approximate surface area is 104 Å².